The summed E-state index contributed by atoms with van der Waals surface area (Å²) >= 11 is 0. The van der Waals surface area contributed by atoms with Crippen LogP contribution in [0.15, 0.2) is 18.5 Å². The SMILES string of the molecule is Cc1cnc2[nH]cc(C#N)c2c1. The van der Waals surface area contributed by atoms with Crippen molar-refractivity contribution in [1.29, 1.82) is 5.26 Å². The molecule has 0 fully saturated rings. The number of pyridine rings is 1. The fourth-order valence-corrected chi connectivity index (χ4v) is 1.20. The van der Waals surface area contributed by atoms with Crippen molar-refractivity contribution in [3.63, 3.8) is 0 Å². The molecule has 58 valence electrons. The number of nitriles is 1. The van der Waals surface area contributed by atoms with E-state index in [4.69, 9.17) is 5.26 Å². The van der Waals surface area contributed by atoms with Gasteiger partial charge in [0, 0.05) is 17.8 Å². The largest absolute Gasteiger partial charge is 0.345 e. The number of hydrogen-bond acceptors (Lipinski definition) is 2. The predicted molar refractivity (Wildman–Crippen MR) is 45.5 cm³/mol. The molecule has 2 rings (SSSR count). The molecule has 3 nitrogen and oxygen atoms in total. The predicted octanol–water partition coefficient (Wildman–Crippen LogP) is 1.74. The number of aromatic amines is 1. The lowest BCUT2D eigenvalue weighted by Gasteiger charge is -1.91. The van der Waals surface area contributed by atoms with Crippen LogP contribution in [-0.4, -0.2) is 9.97 Å². The van der Waals surface area contributed by atoms with Gasteiger partial charge in [0.15, 0.2) is 0 Å². The van der Waals surface area contributed by atoms with Crippen LogP contribution in [-0.2, 0) is 0 Å². The Morgan fingerprint density at radius 2 is 2.42 bits per heavy atom. The molecule has 0 saturated carbocycles. The fourth-order valence-electron chi connectivity index (χ4n) is 1.20. The maximum absolute atomic E-state index is 8.72. The van der Waals surface area contributed by atoms with E-state index in [1.807, 2.05) is 13.0 Å². The number of rotatable bonds is 0. The number of aryl methyl sites for hydroxylation is 1. The van der Waals surface area contributed by atoms with Gasteiger partial charge in [0.2, 0.25) is 0 Å². The summed E-state index contributed by atoms with van der Waals surface area (Å²) in [6.07, 6.45) is 3.46. The van der Waals surface area contributed by atoms with E-state index in [1.54, 1.807) is 12.4 Å². The Hall–Kier alpha value is -1.82. The van der Waals surface area contributed by atoms with Crippen molar-refractivity contribution in [2.45, 2.75) is 6.92 Å². The zero-order valence-corrected chi connectivity index (χ0v) is 6.63. The van der Waals surface area contributed by atoms with Gasteiger partial charge in [-0.1, -0.05) is 0 Å². The van der Waals surface area contributed by atoms with Crippen LogP contribution in [0.1, 0.15) is 11.1 Å². The number of aromatic nitrogens is 2. The molecule has 0 aromatic carbocycles. The molecule has 2 aromatic rings. The lowest BCUT2D eigenvalue weighted by molar-refractivity contribution is 1.29. The standard InChI is InChI=1S/C9H7N3/c1-6-2-8-7(3-10)5-12-9(8)11-4-6/h2,4-5H,1H3,(H,11,12). The highest BCUT2D eigenvalue weighted by molar-refractivity contribution is 5.82. The van der Waals surface area contributed by atoms with Gasteiger partial charge < -0.3 is 4.98 Å². The molecule has 0 aliphatic carbocycles. The molecule has 0 aliphatic heterocycles. The summed E-state index contributed by atoms with van der Waals surface area (Å²) in [5.74, 6) is 0. The number of H-pyrrole nitrogens is 1. The van der Waals surface area contributed by atoms with Gasteiger partial charge in [-0.25, -0.2) is 4.98 Å². The molecular formula is C9H7N3. The Morgan fingerprint density at radius 3 is 3.17 bits per heavy atom. The van der Waals surface area contributed by atoms with Crippen molar-refractivity contribution in [1.82, 2.24) is 9.97 Å². The van der Waals surface area contributed by atoms with Gasteiger partial charge in [-0.2, -0.15) is 5.26 Å². The highest BCUT2D eigenvalue weighted by Gasteiger charge is 2.02. The van der Waals surface area contributed by atoms with Crippen molar-refractivity contribution in [3.05, 3.63) is 29.6 Å². The Kier molecular flexibility index (Phi) is 1.34. The first kappa shape index (κ1) is 6.86. The number of nitrogens with zero attached hydrogens (tertiary/aromatic N) is 2. The second-order valence-electron chi connectivity index (χ2n) is 2.72. The fraction of sp³-hybridized carbons (Fsp3) is 0.111. The third-order valence-corrected chi connectivity index (χ3v) is 1.79. The smallest absolute Gasteiger partial charge is 0.138 e. The molecule has 0 spiro atoms. The molecule has 0 radical (unpaired) electrons. The van der Waals surface area contributed by atoms with Crippen molar-refractivity contribution in [2.24, 2.45) is 0 Å². The van der Waals surface area contributed by atoms with Crippen LogP contribution in [0.5, 0.6) is 0 Å². The summed E-state index contributed by atoms with van der Waals surface area (Å²) in [7, 11) is 0. The van der Waals surface area contributed by atoms with E-state index in [9.17, 15) is 0 Å². The van der Waals surface area contributed by atoms with Gasteiger partial charge in [0.25, 0.3) is 0 Å². The third-order valence-electron chi connectivity index (χ3n) is 1.79. The van der Waals surface area contributed by atoms with Crippen LogP contribution in [0.2, 0.25) is 0 Å². The number of hydrogen-bond donors (Lipinski definition) is 1. The van der Waals surface area contributed by atoms with Crippen LogP contribution in [0.3, 0.4) is 0 Å². The van der Waals surface area contributed by atoms with E-state index in [1.165, 1.54) is 0 Å². The highest BCUT2D eigenvalue weighted by Crippen LogP contribution is 2.15. The van der Waals surface area contributed by atoms with Crippen molar-refractivity contribution in [2.75, 3.05) is 0 Å². The lowest BCUT2D eigenvalue weighted by atomic mass is 10.2. The summed E-state index contributed by atoms with van der Waals surface area (Å²) in [6, 6.07) is 4.06. The average molecular weight is 157 g/mol. The van der Waals surface area contributed by atoms with Crippen molar-refractivity contribution < 1.29 is 0 Å². The minimum absolute atomic E-state index is 0.654. The molecule has 3 heteroatoms. The summed E-state index contributed by atoms with van der Waals surface area (Å²) in [5, 5.41) is 9.62. The van der Waals surface area contributed by atoms with Crippen molar-refractivity contribution in [3.8, 4) is 6.07 Å². The van der Waals surface area contributed by atoms with Crippen LogP contribution in [0.4, 0.5) is 0 Å². The molecule has 0 unspecified atom stereocenters. The monoisotopic (exact) mass is 157 g/mol. The number of nitrogens with one attached hydrogen (secondary N) is 1. The Labute approximate surface area is 69.7 Å². The molecule has 0 atom stereocenters. The maximum atomic E-state index is 8.72. The van der Waals surface area contributed by atoms with Gasteiger partial charge in [-0.15, -0.1) is 0 Å². The van der Waals surface area contributed by atoms with Crippen LogP contribution in [0.25, 0.3) is 11.0 Å². The molecule has 0 saturated heterocycles. The highest BCUT2D eigenvalue weighted by atomic mass is 14.8. The maximum Gasteiger partial charge on any atom is 0.138 e. The second kappa shape index (κ2) is 2.35. The quantitative estimate of drug-likeness (QED) is 0.633. The van der Waals surface area contributed by atoms with Gasteiger partial charge in [0.05, 0.1) is 5.56 Å². The van der Waals surface area contributed by atoms with Gasteiger partial charge in [-0.3, -0.25) is 0 Å². The molecule has 2 heterocycles. The topological polar surface area (TPSA) is 52.5 Å². The molecule has 1 N–H and O–H groups in total. The second-order valence-corrected chi connectivity index (χ2v) is 2.72. The molecule has 0 amide bonds. The number of fused-ring (bicyclic) bond motifs is 1. The minimum atomic E-state index is 0.654. The van der Waals surface area contributed by atoms with E-state index in [0.29, 0.717) is 5.56 Å². The summed E-state index contributed by atoms with van der Waals surface area (Å²) in [6.45, 7) is 1.96. The van der Waals surface area contributed by atoms with E-state index < -0.39 is 0 Å². The molecule has 2 aromatic heterocycles. The molecule has 0 aliphatic rings. The van der Waals surface area contributed by atoms with Gasteiger partial charge >= 0.3 is 0 Å². The molecule has 12 heavy (non-hydrogen) atoms. The summed E-state index contributed by atoms with van der Waals surface area (Å²) in [4.78, 5) is 7.08. The normalized spacial score (nSPS) is 10.0. The van der Waals surface area contributed by atoms with Crippen LogP contribution < -0.4 is 0 Å². The Balaban J connectivity index is 2.86. The minimum Gasteiger partial charge on any atom is -0.345 e. The van der Waals surface area contributed by atoms with E-state index in [-0.39, 0.29) is 0 Å². The first-order valence-corrected chi connectivity index (χ1v) is 3.65. The van der Waals surface area contributed by atoms with E-state index in [0.717, 1.165) is 16.6 Å². The molecule has 0 bridgehead atoms. The van der Waals surface area contributed by atoms with E-state index >= 15 is 0 Å². The van der Waals surface area contributed by atoms with Crippen LogP contribution in [0, 0.1) is 18.3 Å². The Bertz CT molecular complexity index is 462. The first-order valence-electron chi connectivity index (χ1n) is 3.65. The zero-order valence-electron chi connectivity index (χ0n) is 6.63. The average Bonchev–Trinajstić information content (AvgIpc) is 2.46. The molecular weight excluding hydrogens is 150 g/mol. The Morgan fingerprint density at radius 1 is 1.58 bits per heavy atom. The third kappa shape index (κ3) is 0.857. The first-order chi connectivity index (χ1) is 5.81. The summed E-state index contributed by atoms with van der Waals surface area (Å²) < 4.78 is 0. The van der Waals surface area contributed by atoms with Crippen molar-refractivity contribution >= 4 is 11.0 Å². The summed E-state index contributed by atoms with van der Waals surface area (Å²) in [5.41, 5.74) is 2.50. The zero-order chi connectivity index (χ0) is 8.55. The van der Waals surface area contributed by atoms with Crippen LogP contribution >= 0.6 is 0 Å². The van der Waals surface area contributed by atoms with Gasteiger partial charge in [-0.05, 0) is 18.6 Å². The van der Waals surface area contributed by atoms with E-state index in [2.05, 4.69) is 16.0 Å². The van der Waals surface area contributed by atoms with Gasteiger partial charge in [0.1, 0.15) is 11.7 Å². The lowest BCUT2D eigenvalue weighted by Crippen LogP contribution is -1.78.